The van der Waals surface area contributed by atoms with Crippen molar-refractivity contribution in [1.82, 2.24) is 29.5 Å². The Morgan fingerprint density at radius 3 is 2.68 bits per heavy atom. The highest BCUT2D eigenvalue weighted by Gasteiger charge is 2.42. The lowest BCUT2D eigenvalue weighted by molar-refractivity contribution is -0.179. The first-order valence-electron chi connectivity index (χ1n) is 11.2. The lowest BCUT2D eigenvalue weighted by atomic mass is 9.98. The molecule has 0 bridgehead atoms. The molecular weight excluding hydrogens is 445 g/mol. The summed E-state index contributed by atoms with van der Waals surface area (Å²) in [7, 11) is 0. The second-order valence-electron chi connectivity index (χ2n) is 8.38. The van der Waals surface area contributed by atoms with Crippen LogP contribution in [0.15, 0.2) is 48.7 Å². The number of fused-ring (bicyclic) bond motifs is 2. The summed E-state index contributed by atoms with van der Waals surface area (Å²) in [4.78, 5) is 21.8. The highest BCUT2D eigenvalue weighted by Crippen LogP contribution is 2.34. The van der Waals surface area contributed by atoms with Crippen molar-refractivity contribution in [1.29, 1.82) is 0 Å². The van der Waals surface area contributed by atoms with Crippen molar-refractivity contribution in [3.05, 3.63) is 71.4 Å². The second-order valence-corrected chi connectivity index (χ2v) is 8.38. The Bertz CT molecular complexity index is 1340. The molecular formula is C24H23F3N6O. The molecule has 1 aromatic carbocycles. The van der Waals surface area contributed by atoms with Gasteiger partial charge in [-0.3, -0.25) is 9.20 Å². The van der Waals surface area contributed by atoms with Crippen molar-refractivity contribution >= 4 is 11.6 Å². The number of benzene rings is 1. The van der Waals surface area contributed by atoms with Crippen molar-refractivity contribution < 1.29 is 18.0 Å². The number of carbonyl (C=O) groups is 1. The predicted molar refractivity (Wildman–Crippen MR) is 119 cm³/mol. The number of nitrogens with one attached hydrogen (secondary N) is 1. The van der Waals surface area contributed by atoms with Gasteiger partial charge in [-0.1, -0.05) is 37.3 Å². The number of halogens is 3. The fourth-order valence-corrected chi connectivity index (χ4v) is 4.28. The second kappa shape index (κ2) is 8.58. The van der Waals surface area contributed by atoms with Gasteiger partial charge in [-0.15, -0.1) is 0 Å². The summed E-state index contributed by atoms with van der Waals surface area (Å²) in [5.41, 5.74) is 3.59. The summed E-state index contributed by atoms with van der Waals surface area (Å²) >= 11 is 0. The van der Waals surface area contributed by atoms with Crippen LogP contribution in [-0.4, -0.2) is 36.2 Å². The van der Waals surface area contributed by atoms with Crippen LogP contribution in [0.2, 0.25) is 0 Å². The normalized spacial score (nSPS) is 15.9. The standard InChI is InChI=1S/C24H23F3N6O/c1-2-18-21(32-11-4-3-5-19(32)29-18)23(34)28-14-15-6-8-16(9-7-15)22-30-20-13-17(24(25,26)27)10-12-33(20)31-22/h3-9,11,17H,2,10,12-14H2,1H3,(H,28,34)/t17-/m1/s1. The van der Waals surface area contributed by atoms with Crippen LogP contribution in [0.5, 0.6) is 0 Å². The van der Waals surface area contributed by atoms with Gasteiger partial charge in [0.25, 0.3) is 5.91 Å². The van der Waals surface area contributed by atoms with E-state index in [9.17, 15) is 18.0 Å². The minimum absolute atomic E-state index is 0.0180. The summed E-state index contributed by atoms with van der Waals surface area (Å²) in [5, 5.41) is 7.33. The molecule has 1 aliphatic heterocycles. The average Bonchev–Trinajstić information content (AvgIpc) is 3.43. The number of nitrogens with zero attached hydrogens (tertiary/aromatic N) is 5. The lowest BCUT2D eigenvalue weighted by Gasteiger charge is -2.24. The molecule has 34 heavy (non-hydrogen) atoms. The molecule has 1 atom stereocenters. The molecule has 0 radical (unpaired) electrons. The smallest absolute Gasteiger partial charge is 0.347 e. The zero-order valence-corrected chi connectivity index (χ0v) is 18.5. The van der Waals surface area contributed by atoms with Crippen molar-refractivity contribution in [2.24, 2.45) is 5.92 Å². The number of amides is 1. The monoisotopic (exact) mass is 468 g/mol. The first-order valence-corrected chi connectivity index (χ1v) is 11.2. The van der Waals surface area contributed by atoms with E-state index in [1.807, 2.05) is 55.6 Å². The van der Waals surface area contributed by atoms with Crippen molar-refractivity contribution in [2.45, 2.75) is 45.5 Å². The van der Waals surface area contributed by atoms with Gasteiger partial charge >= 0.3 is 6.18 Å². The fraction of sp³-hybridized carbons (Fsp3) is 0.333. The molecule has 1 N–H and O–H groups in total. The van der Waals surface area contributed by atoms with E-state index in [1.54, 1.807) is 9.08 Å². The third-order valence-electron chi connectivity index (χ3n) is 6.15. The van der Waals surface area contributed by atoms with E-state index in [4.69, 9.17) is 0 Å². The molecule has 10 heteroatoms. The zero-order chi connectivity index (χ0) is 23.9. The van der Waals surface area contributed by atoms with E-state index in [-0.39, 0.29) is 25.3 Å². The number of imidazole rings is 1. The highest BCUT2D eigenvalue weighted by atomic mass is 19.4. The number of aromatic nitrogens is 5. The van der Waals surface area contributed by atoms with Crippen LogP contribution in [-0.2, 0) is 25.9 Å². The Morgan fingerprint density at radius 1 is 1.15 bits per heavy atom. The maximum atomic E-state index is 13.1. The number of hydrogen-bond donors (Lipinski definition) is 1. The van der Waals surface area contributed by atoms with Gasteiger partial charge in [0.05, 0.1) is 11.6 Å². The molecule has 1 aliphatic rings. The van der Waals surface area contributed by atoms with Crippen molar-refractivity contribution in [3.63, 3.8) is 0 Å². The number of pyridine rings is 1. The van der Waals surface area contributed by atoms with Crippen LogP contribution in [0.4, 0.5) is 13.2 Å². The van der Waals surface area contributed by atoms with E-state index in [2.05, 4.69) is 20.4 Å². The summed E-state index contributed by atoms with van der Waals surface area (Å²) in [6.45, 7) is 2.49. The minimum Gasteiger partial charge on any atom is -0.347 e. The Labute approximate surface area is 193 Å². The van der Waals surface area contributed by atoms with Crippen LogP contribution in [0.3, 0.4) is 0 Å². The summed E-state index contributed by atoms with van der Waals surface area (Å²) in [6, 6.07) is 12.9. The maximum Gasteiger partial charge on any atom is 0.392 e. The van der Waals surface area contributed by atoms with Gasteiger partial charge < -0.3 is 5.32 Å². The molecule has 4 heterocycles. The van der Waals surface area contributed by atoms with Gasteiger partial charge in [-0.25, -0.2) is 14.6 Å². The molecule has 3 aromatic heterocycles. The lowest BCUT2D eigenvalue weighted by Crippen LogP contribution is -2.31. The molecule has 5 rings (SSSR count). The Kier molecular flexibility index (Phi) is 5.59. The molecule has 0 saturated carbocycles. The molecule has 4 aromatic rings. The molecule has 0 unspecified atom stereocenters. The molecule has 176 valence electrons. The van der Waals surface area contributed by atoms with E-state index in [0.717, 1.165) is 22.5 Å². The summed E-state index contributed by atoms with van der Waals surface area (Å²) in [6.07, 6.45) is -1.89. The van der Waals surface area contributed by atoms with Gasteiger partial charge in [0, 0.05) is 31.3 Å². The van der Waals surface area contributed by atoms with E-state index < -0.39 is 12.1 Å². The molecule has 0 saturated heterocycles. The SMILES string of the molecule is CCc1nc2ccccn2c1C(=O)NCc1ccc(-c2nc3n(n2)CC[C@@H](C(F)(F)F)C3)cc1. The van der Waals surface area contributed by atoms with Crippen molar-refractivity contribution in [3.8, 4) is 11.4 Å². The van der Waals surface area contributed by atoms with Crippen molar-refractivity contribution in [2.75, 3.05) is 0 Å². The molecule has 0 aliphatic carbocycles. The van der Waals surface area contributed by atoms with Gasteiger partial charge in [0.15, 0.2) is 5.82 Å². The van der Waals surface area contributed by atoms with Gasteiger partial charge in [0.2, 0.25) is 0 Å². The molecule has 0 spiro atoms. The average molecular weight is 468 g/mol. The largest absolute Gasteiger partial charge is 0.392 e. The van der Waals surface area contributed by atoms with Crippen LogP contribution in [0.25, 0.3) is 17.0 Å². The first-order chi connectivity index (χ1) is 16.3. The van der Waals surface area contributed by atoms with Crippen LogP contribution >= 0.6 is 0 Å². The molecule has 0 fully saturated rings. The van der Waals surface area contributed by atoms with Crippen LogP contribution in [0, 0.1) is 5.92 Å². The van der Waals surface area contributed by atoms with Gasteiger partial charge in [-0.05, 0) is 30.5 Å². The predicted octanol–water partition coefficient (Wildman–Crippen LogP) is 4.21. The quantitative estimate of drug-likeness (QED) is 0.476. The number of carbonyl (C=O) groups excluding carboxylic acids is 1. The van der Waals surface area contributed by atoms with E-state index in [1.165, 1.54) is 0 Å². The third kappa shape index (κ3) is 4.15. The number of alkyl halides is 3. The van der Waals surface area contributed by atoms with E-state index >= 15 is 0 Å². The van der Waals surface area contributed by atoms with E-state index in [0.29, 0.717) is 30.3 Å². The summed E-state index contributed by atoms with van der Waals surface area (Å²) < 4.78 is 42.5. The van der Waals surface area contributed by atoms with Gasteiger partial charge in [0.1, 0.15) is 17.2 Å². The maximum absolute atomic E-state index is 13.1. The van der Waals surface area contributed by atoms with Crippen LogP contribution in [0.1, 0.15) is 40.9 Å². The topological polar surface area (TPSA) is 77.1 Å². The Balaban J connectivity index is 1.27. The minimum atomic E-state index is -4.22. The Hall–Kier alpha value is -3.69. The number of rotatable bonds is 5. The zero-order valence-electron chi connectivity index (χ0n) is 18.5. The first kappa shape index (κ1) is 22.1. The highest BCUT2D eigenvalue weighted by molar-refractivity contribution is 5.94. The van der Waals surface area contributed by atoms with Crippen LogP contribution < -0.4 is 5.32 Å². The molecule has 7 nitrogen and oxygen atoms in total. The molecule has 1 amide bonds. The number of hydrogen-bond acceptors (Lipinski definition) is 4. The number of aryl methyl sites for hydroxylation is 2. The fourth-order valence-electron chi connectivity index (χ4n) is 4.28. The van der Waals surface area contributed by atoms with Gasteiger partial charge in [-0.2, -0.15) is 18.3 Å². The third-order valence-corrected chi connectivity index (χ3v) is 6.15. The summed E-state index contributed by atoms with van der Waals surface area (Å²) in [5.74, 6) is -0.808. The Morgan fingerprint density at radius 2 is 1.94 bits per heavy atom.